The van der Waals surface area contributed by atoms with Gasteiger partial charge in [-0.25, -0.2) is 9.97 Å². The molecule has 4 aromatic carbocycles. The number of benzene rings is 4. The van der Waals surface area contributed by atoms with Crippen LogP contribution in [0.25, 0.3) is 44.7 Å². The fourth-order valence-electron chi connectivity index (χ4n) is 5.54. The molecule has 2 nitrogen and oxygen atoms in total. The van der Waals surface area contributed by atoms with Gasteiger partial charge in [-0.1, -0.05) is 113 Å². The van der Waals surface area contributed by atoms with E-state index in [0.29, 0.717) is 0 Å². The fraction of sp³-hybridized carbons (Fsp3) is 0.188. The molecule has 1 aliphatic rings. The van der Waals surface area contributed by atoms with Crippen LogP contribution in [0.15, 0.2) is 97.1 Å². The third-order valence-electron chi connectivity index (χ3n) is 8.02. The van der Waals surface area contributed by atoms with Gasteiger partial charge in [-0.15, -0.1) is 0 Å². The minimum Gasteiger partial charge on any atom is -0.244 e. The molecular formula is C32H28N2. The van der Waals surface area contributed by atoms with E-state index in [9.17, 15) is 0 Å². The smallest absolute Gasteiger partial charge is 0.0976 e. The Hall–Kier alpha value is -3.78. The number of hydrogen-bond donors (Lipinski definition) is 0. The van der Waals surface area contributed by atoms with Crippen molar-refractivity contribution in [3.8, 4) is 33.6 Å². The Labute approximate surface area is 201 Å². The van der Waals surface area contributed by atoms with E-state index in [1.54, 1.807) is 0 Å². The lowest BCUT2D eigenvalue weighted by molar-refractivity contribution is 0.300. The lowest BCUT2D eigenvalue weighted by Gasteiger charge is -2.49. The molecule has 5 aromatic rings. The SMILES string of the molecule is CC1(C)c2ccccc2-c2cccc(-c3nc4ccccc4nc3-c3ccccc3)c2C1(C)C. The Balaban J connectivity index is 1.73. The second kappa shape index (κ2) is 7.36. The highest BCUT2D eigenvalue weighted by atomic mass is 14.8. The number of aromatic nitrogens is 2. The largest absolute Gasteiger partial charge is 0.244 e. The van der Waals surface area contributed by atoms with Crippen LogP contribution in [0.5, 0.6) is 0 Å². The molecule has 1 aliphatic carbocycles. The third-order valence-corrected chi connectivity index (χ3v) is 8.02. The standard InChI is InChI=1S/C32H28N2/c1-31(2)25-18-9-8-15-22(25)23-16-12-17-24(28(23)32(31,3)4)30-29(21-13-6-5-7-14-21)33-26-19-10-11-20-27(26)34-30/h5-20H,1-4H3. The number of fused-ring (bicyclic) bond motifs is 4. The summed E-state index contributed by atoms with van der Waals surface area (Å²) in [5, 5.41) is 0. The van der Waals surface area contributed by atoms with E-state index in [1.807, 2.05) is 24.3 Å². The Morgan fingerprint density at radius 2 is 1.03 bits per heavy atom. The van der Waals surface area contributed by atoms with Gasteiger partial charge in [0.1, 0.15) is 0 Å². The van der Waals surface area contributed by atoms with Crippen LogP contribution >= 0.6 is 0 Å². The zero-order valence-electron chi connectivity index (χ0n) is 20.1. The van der Waals surface area contributed by atoms with Gasteiger partial charge in [-0.2, -0.15) is 0 Å². The Morgan fingerprint density at radius 3 is 1.76 bits per heavy atom. The average molecular weight is 441 g/mol. The molecule has 0 spiro atoms. The first kappa shape index (κ1) is 20.8. The van der Waals surface area contributed by atoms with Crippen molar-refractivity contribution in [2.45, 2.75) is 38.5 Å². The van der Waals surface area contributed by atoms with Crippen LogP contribution < -0.4 is 0 Å². The van der Waals surface area contributed by atoms with E-state index in [0.717, 1.165) is 28.0 Å². The second-order valence-electron chi connectivity index (χ2n) is 10.3. The molecule has 6 rings (SSSR count). The summed E-state index contributed by atoms with van der Waals surface area (Å²) in [4.78, 5) is 10.4. The summed E-state index contributed by atoms with van der Waals surface area (Å²) in [5.41, 5.74) is 11.2. The molecule has 166 valence electrons. The van der Waals surface area contributed by atoms with Gasteiger partial charge >= 0.3 is 0 Å². The van der Waals surface area contributed by atoms with Crippen LogP contribution in [0.1, 0.15) is 38.8 Å². The molecule has 0 aliphatic heterocycles. The highest BCUT2D eigenvalue weighted by Gasteiger charge is 2.47. The summed E-state index contributed by atoms with van der Waals surface area (Å²) in [6.07, 6.45) is 0. The van der Waals surface area contributed by atoms with E-state index >= 15 is 0 Å². The summed E-state index contributed by atoms with van der Waals surface area (Å²) in [6.45, 7) is 9.50. The zero-order valence-corrected chi connectivity index (χ0v) is 20.1. The predicted octanol–water partition coefficient (Wildman–Crippen LogP) is 8.20. The molecule has 1 aromatic heterocycles. The van der Waals surface area contributed by atoms with Gasteiger partial charge in [-0.3, -0.25) is 0 Å². The van der Waals surface area contributed by atoms with Crippen molar-refractivity contribution in [3.05, 3.63) is 108 Å². The topological polar surface area (TPSA) is 25.8 Å². The molecule has 0 N–H and O–H groups in total. The maximum atomic E-state index is 5.24. The van der Waals surface area contributed by atoms with Crippen LogP contribution in [-0.2, 0) is 10.8 Å². The Kier molecular flexibility index (Phi) is 4.50. The van der Waals surface area contributed by atoms with E-state index in [4.69, 9.17) is 9.97 Å². The van der Waals surface area contributed by atoms with E-state index in [-0.39, 0.29) is 10.8 Å². The van der Waals surface area contributed by atoms with Crippen molar-refractivity contribution in [1.82, 2.24) is 9.97 Å². The molecule has 2 heteroatoms. The van der Waals surface area contributed by atoms with Gasteiger partial charge in [0.05, 0.1) is 22.4 Å². The molecule has 0 amide bonds. The lowest BCUT2D eigenvalue weighted by atomic mass is 9.54. The molecule has 0 atom stereocenters. The first-order valence-corrected chi connectivity index (χ1v) is 12.0. The summed E-state index contributed by atoms with van der Waals surface area (Å²) in [5.74, 6) is 0. The summed E-state index contributed by atoms with van der Waals surface area (Å²) >= 11 is 0. The predicted molar refractivity (Wildman–Crippen MR) is 142 cm³/mol. The van der Waals surface area contributed by atoms with E-state index < -0.39 is 0 Å². The zero-order chi connectivity index (χ0) is 23.5. The highest BCUT2D eigenvalue weighted by Crippen LogP contribution is 2.56. The molecule has 0 saturated heterocycles. The number of rotatable bonds is 2. The van der Waals surface area contributed by atoms with Crippen molar-refractivity contribution in [2.24, 2.45) is 0 Å². The molecule has 0 radical (unpaired) electrons. The van der Waals surface area contributed by atoms with Gasteiger partial charge in [0.25, 0.3) is 0 Å². The minimum absolute atomic E-state index is 0.0517. The maximum absolute atomic E-state index is 5.24. The molecule has 0 bridgehead atoms. The molecule has 1 heterocycles. The molecule has 0 unspecified atom stereocenters. The average Bonchev–Trinajstić information content (AvgIpc) is 2.87. The third kappa shape index (κ3) is 2.88. The second-order valence-corrected chi connectivity index (χ2v) is 10.3. The number of hydrogen-bond acceptors (Lipinski definition) is 2. The van der Waals surface area contributed by atoms with Crippen LogP contribution in [0.2, 0.25) is 0 Å². The van der Waals surface area contributed by atoms with Crippen LogP contribution in [-0.4, -0.2) is 9.97 Å². The molecule has 34 heavy (non-hydrogen) atoms. The van der Waals surface area contributed by atoms with Crippen molar-refractivity contribution in [3.63, 3.8) is 0 Å². The summed E-state index contributed by atoms with van der Waals surface area (Å²) in [6, 6.07) is 34.1. The lowest BCUT2D eigenvalue weighted by Crippen LogP contribution is -2.44. The monoisotopic (exact) mass is 440 g/mol. The normalized spacial score (nSPS) is 15.5. The molecular weight excluding hydrogens is 412 g/mol. The van der Waals surface area contributed by atoms with Crippen molar-refractivity contribution < 1.29 is 0 Å². The summed E-state index contributed by atoms with van der Waals surface area (Å²) in [7, 11) is 0. The Morgan fingerprint density at radius 1 is 0.471 bits per heavy atom. The van der Waals surface area contributed by atoms with E-state index in [2.05, 4.69) is 100 Å². The molecule has 0 saturated carbocycles. The van der Waals surface area contributed by atoms with Crippen molar-refractivity contribution in [2.75, 3.05) is 0 Å². The first-order valence-electron chi connectivity index (χ1n) is 12.0. The Bertz CT molecular complexity index is 1540. The maximum Gasteiger partial charge on any atom is 0.0976 e. The van der Waals surface area contributed by atoms with Gasteiger partial charge < -0.3 is 0 Å². The van der Waals surface area contributed by atoms with Crippen molar-refractivity contribution in [1.29, 1.82) is 0 Å². The van der Waals surface area contributed by atoms with Gasteiger partial charge in [0.2, 0.25) is 0 Å². The minimum atomic E-state index is -0.117. The highest BCUT2D eigenvalue weighted by molar-refractivity contribution is 5.91. The number of para-hydroxylation sites is 2. The fourth-order valence-corrected chi connectivity index (χ4v) is 5.54. The quantitative estimate of drug-likeness (QED) is 0.276. The van der Waals surface area contributed by atoms with Gasteiger partial charge in [-0.05, 0) is 39.8 Å². The van der Waals surface area contributed by atoms with E-state index in [1.165, 1.54) is 27.8 Å². The summed E-state index contributed by atoms with van der Waals surface area (Å²) < 4.78 is 0. The van der Waals surface area contributed by atoms with Crippen LogP contribution in [0, 0.1) is 0 Å². The first-order chi connectivity index (χ1) is 16.4. The van der Waals surface area contributed by atoms with Crippen LogP contribution in [0.4, 0.5) is 0 Å². The number of nitrogens with zero attached hydrogens (tertiary/aromatic N) is 2. The van der Waals surface area contributed by atoms with Gasteiger partial charge in [0, 0.05) is 16.5 Å². The van der Waals surface area contributed by atoms with Crippen LogP contribution in [0.3, 0.4) is 0 Å². The van der Waals surface area contributed by atoms with Crippen molar-refractivity contribution >= 4 is 11.0 Å². The molecule has 0 fully saturated rings. The van der Waals surface area contributed by atoms with Gasteiger partial charge in [0.15, 0.2) is 0 Å².